The van der Waals surface area contributed by atoms with Crippen molar-refractivity contribution in [3.63, 3.8) is 0 Å². The van der Waals surface area contributed by atoms with Crippen molar-refractivity contribution in [3.05, 3.63) is 131 Å². The third kappa shape index (κ3) is 3.42. The van der Waals surface area contributed by atoms with Crippen molar-refractivity contribution in [2.45, 2.75) is 39.5 Å². The lowest BCUT2D eigenvalue weighted by Gasteiger charge is -2.17. The molecule has 0 saturated heterocycles. The van der Waals surface area contributed by atoms with Crippen LogP contribution in [0.2, 0.25) is 0 Å². The molecule has 0 atom stereocenters. The van der Waals surface area contributed by atoms with Crippen molar-refractivity contribution in [2.75, 3.05) is 0 Å². The van der Waals surface area contributed by atoms with E-state index in [0.717, 1.165) is 25.7 Å². The van der Waals surface area contributed by atoms with Crippen LogP contribution in [0.3, 0.4) is 0 Å². The number of aromatic nitrogens is 2. The first-order valence-corrected chi connectivity index (χ1v) is 14.5. The van der Waals surface area contributed by atoms with Crippen molar-refractivity contribution in [3.8, 4) is 22.5 Å². The highest BCUT2D eigenvalue weighted by molar-refractivity contribution is 5.92. The molecule has 0 unspecified atom stereocenters. The van der Waals surface area contributed by atoms with E-state index in [2.05, 4.69) is 132 Å². The average molecular weight is 517 g/mol. The van der Waals surface area contributed by atoms with Gasteiger partial charge in [-0.15, -0.1) is 0 Å². The number of allylic oxidation sites excluding steroid dienone is 2. The largest absolute Gasteiger partial charge is 0.310 e. The molecule has 40 heavy (non-hydrogen) atoms. The molecule has 2 heterocycles. The molecule has 4 aromatic carbocycles. The van der Waals surface area contributed by atoms with Crippen LogP contribution in [0.15, 0.2) is 97.1 Å². The molecular formula is C38H32N2. The quantitative estimate of drug-likeness (QED) is 0.221. The fourth-order valence-electron chi connectivity index (χ4n) is 7.11. The Bertz CT molecular complexity index is 1880. The lowest BCUT2D eigenvalue weighted by atomic mass is 9.95. The summed E-state index contributed by atoms with van der Waals surface area (Å²) in [6.07, 6.45) is 13.7. The molecule has 2 aromatic heterocycles. The van der Waals surface area contributed by atoms with Crippen LogP contribution < -0.4 is 0 Å². The van der Waals surface area contributed by atoms with Crippen LogP contribution in [0.25, 0.3) is 56.5 Å². The van der Waals surface area contributed by atoms with Gasteiger partial charge in [0.05, 0.1) is 11.0 Å². The highest BCUT2D eigenvalue weighted by Gasteiger charge is 2.20. The first-order valence-electron chi connectivity index (χ1n) is 14.5. The zero-order valence-electron chi connectivity index (χ0n) is 23.1. The summed E-state index contributed by atoms with van der Waals surface area (Å²) in [4.78, 5) is 0. The van der Waals surface area contributed by atoms with Gasteiger partial charge in [-0.1, -0.05) is 60.7 Å². The zero-order valence-corrected chi connectivity index (χ0v) is 23.1. The van der Waals surface area contributed by atoms with Gasteiger partial charge in [-0.3, -0.25) is 0 Å². The minimum atomic E-state index is 1.11. The molecule has 0 N–H and O–H groups in total. The average Bonchev–Trinajstić information content (AvgIpc) is 3.51. The number of rotatable bonds is 3. The third-order valence-electron chi connectivity index (χ3n) is 8.94. The molecule has 2 nitrogen and oxygen atoms in total. The molecule has 194 valence electrons. The van der Waals surface area contributed by atoms with E-state index in [9.17, 15) is 0 Å². The van der Waals surface area contributed by atoms with E-state index in [1.165, 1.54) is 77.9 Å². The van der Waals surface area contributed by atoms with Gasteiger partial charge < -0.3 is 9.13 Å². The molecule has 2 heteroatoms. The number of benzene rings is 4. The van der Waals surface area contributed by atoms with E-state index >= 15 is 0 Å². The first-order chi connectivity index (χ1) is 19.7. The predicted octanol–water partition coefficient (Wildman–Crippen LogP) is 9.78. The normalized spacial score (nSPS) is 14.2. The van der Waals surface area contributed by atoms with Gasteiger partial charge >= 0.3 is 0 Å². The minimum absolute atomic E-state index is 1.11. The maximum atomic E-state index is 2.45. The summed E-state index contributed by atoms with van der Waals surface area (Å²) in [7, 11) is 0. The Labute approximate surface area is 235 Å². The van der Waals surface area contributed by atoms with Gasteiger partial charge in [0, 0.05) is 33.5 Å². The van der Waals surface area contributed by atoms with Crippen LogP contribution in [-0.4, -0.2) is 9.13 Å². The van der Waals surface area contributed by atoms with Gasteiger partial charge in [0.25, 0.3) is 0 Å². The zero-order chi connectivity index (χ0) is 26.8. The van der Waals surface area contributed by atoms with E-state index in [-0.39, 0.29) is 0 Å². The van der Waals surface area contributed by atoms with E-state index in [0.29, 0.717) is 0 Å². The molecule has 0 aliphatic heterocycles. The van der Waals surface area contributed by atoms with Gasteiger partial charge in [-0.2, -0.15) is 0 Å². The minimum Gasteiger partial charge on any atom is -0.310 e. The van der Waals surface area contributed by atoms with Gasteiger partial charge in [0.2, 0.25) is 0 Å². The summed E-state index contributed by atoms with van der Waals surface area (Å²) in [6, 6.07) is 31.6. The van der Waals surface area contributed by atoms with Gasteiger partial charge in [0.15, 0.2) is 0 Å². The summed E-state index contributed by atoms with van der Waals surface area (Å²) in [5.41, 5.74) is 15.9. The molecule has 6 aromatic rings. The SMILES string of the molecule is Cc1cc(-n2c3c(c4ccccc42)CCC=C3)ccc1-c1ccc(-n2c3c(c4ccccc42)CCC=C3)cc1C. The fourth-order valence-corrected chi connectivity index (χ4v) is 7.11. The van der Waals surface area contributed by atoms with E-state index in [1.807, 2.05) is 0 Å². The Balaban J connectivity index is 1.23. The highest BCUT2D eigenvalue weighted by Crippen LogP contribution is 2.38. The van der Waals surface area contributed by atoms with Crippen molar-refractivity contribution >= 4 is 34.0 Å². The van der Waals surface area contributed by atoms with Crippen LogP contribution in [0.5, 0.6) is 0 Å². The maximum Gasteiger partial charge on any atom is 0.0537 e. The third-order valence-corrected chi connectivity index (χ3v) is 8.94. The molecule has 0 fully saturated rings. The van der Waals surface area contributed by atoms with Gasteiger partial charge in [-0.25, -0.2) is 0 Å². The Morgan fingerprint density at radius 1 is 0.525 bits per heavy atom. The second kappa shape index (κ2) is 8.99. The van der Waals surface area contributed by atoms with Crippen LogP contribution in [-0.2, 0) is 12.8 Å². The van der Waals surface area contributed by atoms with Crippen LogP contribution >= 0.6 is 0 Å². The molecule has 0 bridgehead atoms. The monoisotopic (exact) mass is 516 g/mol. The van der Waals surface area contributed by atoms with E-state index in [4.69, 9.17) is 0 Å². The van der Waals surface area contributed by atoms with Crippen molar-refractivity contribution in [1.82, 2.24) is 9.13 Å². The number of fused-ring (bicyclic) bond motifs is 6. The number of para-hydroxylation sites is 2. The Morgan fingerprint density at radius 3 is 1.43 bits per heavy atom. The molecule has 0 spiro atoms. The van der Waals surface area contributed by atoms with Crippen molar-refractivity contribution in [2.24, 2.45) is 0 Å². The lowest BCUT2D eigenvalue weighted by molar-refractivity contribution is 0.966. The summed E-state index contributed by atoms with van der Waals surface area (Å²) < 4.78 is 4.89. The second-order valence-electron chi connectivity index (χ2n) is 11.3. The molecule has 0 saturated carbocycles. The van der Waals surface area contributed by atoms with Gasteiger partial charge in [-0.05, 0) is 121 Å². The van der Waals surface area contributed by atoms with Crippen LogP contribution in [0.4, 0.5) is 0 Å². The summed E-state index contributed by atoms with van der Waals surface area (Å²) in [6.45, 7) is 4.50. The van der Waals surface area contributed by atoms with Crippen molar-refractivity contribution in [1.29, 1.82) is 0 Å². The number of hydrogen-bond acceptors (Lipinski definition) is 0. The molecule has 0 amide bonds. The Kier molecular flexibility index (Phi) is 5.25. The van der Waals surface area contributed by atoms with Crippen LogP contribution in [0.1, 0.15) is 46.5 Å². The molecule has 8 rings (SSSR count). The van der Waals surface area contributed by atoms with E-state index in [1.54, 1.807) is 0 Å². The summed E-state index contributed by atoms with van der Waals surface area (Å²) in [5.74, 6) is 0. The highest BCUT2D eigenvalue weighted by atomic mass is 15.0. The summed E-state index contributed by atoms with van der Waals surface area (Å²) >= 11 is 0. The Hall–Kier alpha value is -4.56. The number of nitrogens with zero attached hydrogens (tertiary/aromatic N) is 2. The molecule has 2 aliphatic carbocycles. The smallest absolute Gasteiger partial charge is 0.0537 e. The summed E-state index contributed by atoms with van der Waals surface area (Å²) in [5, 5.41) is 2.76. The number of aryl methyl sites for hydroxylation is 4. The van der Waals surface area contributed by atoms with Crippen molar-refractivity contribution < 1.29 is 0 Å². The predicted molar refractivity (Wildman–Crippen MR) is 170 cm³/mol. The van der Waals surface area contributed by atoms with Gasteiger partial charge in [0.1, 0.15) is 0 Å². The molecule has 0 radical (unpaired) electrons. The molecule has 2 aliphatic rings. The lowest BCUT2D eigenvalue weighted by Crippen LogP contribution is -2.02. The topological polar surface area (TPSA) is 9.86 Å². The molecular weight excluding hydrogens is 484 g/mol. The number of hydrogen-bond donors (Lipinski definition) is 0. The Morgan fingerprint density at radius 2 is 0.975 bits per heavy atom. The maximum absolute atomic E-state index is 2.45. The first kappa shape index (κ1) is 23.3. The second-order valence-corrected chi connectivity index (χ2v) is 11.3. The standard InChI is InChI=1S/C38H32N2/c1-25-23-27(39-35-15-7-3-11-31(35)32-12-4-8-16-36(32)39)19-21-29(25)30-22-20-28(24-26(30)2)40-37-17-9-5-13-33(37)34-14-6-10-18-38(34)40/h3,5,7-11,13,15-24H,4,6,12,14H2,1-2H3. The fraction of sp³-hybridized carbons (Fsp3) is 0.158. The van der Waals surface area contributed by atoms with Crippen LogP contribution in [0, 0.1) is 13.8 Å². The van der Waals surface area contributed by atoms with E-state index < -0.39 is 0 Å².